The van der Waals surface area contributed by atoms with Crippen LogP contribution in [0.15, 0.2) is 24.3 Å². The van der Waals surface area contributed by atoms with Crippen molar-refractivity contribution >= 4 is 11.6 Å². The molecule has 7 heteroatoms. The molecule has 1 aliphatic heterocycles. The molecule has 4 nitrogen and oxygen atoms in total. The molecule has 0 saturated carbocycles. The predicted octanol–water partition coefficient (Wildman–Crippen LogP) is 2.73. The van der Waals surface area contributed by atoms with Gasteiger partial charge in [-0.3, -0.25) is 4.79 Å². The van der Waals surface area contributed by atoms with Gasteiger partial charge in [0, 0.05) is 18.3 Å². The quantitative estimate of drug-likeness (QED) is 0.929. The number of nitrogens with zero attached hydrogens (tertiary/aromatic N) is 1. The molecule has 0 aliphatic carbocycles. The van der Waals surface area contributed by atoms with E-state index in [1.807, 2.05) is 6.92 Å². The van der Waals surface area contributed by atoms with E-state index in [0.717, 1.165) is 17.9 Å². The maximum atomic E-state index is 12.9. The number of hydrogen-bond acceptors (Lipinski definition) is 3. The van der Waals surface area contributed by atoms with Crippen LogP contribution < -0.4 is 15.0 Å². The molecule has 0 aromatic heterocycles. The van der Waals surface area contributed by atoms with Gasteiger partial charge in [-0.2, -0.15) is 13.2 Å². The zero-order chi connectivity index (χ0) is 16.2. The molecule has 22 heavy (non-hydrogen) atoms. The van der Waals surface area contributed by atoms with E-state index in [4.69, 9.17) is 4.74 Å². The number of hydrogen-bond donors (Lipinski definition) is 1. The van der Waals surface area contributed by atoms with Crippen molar-refractivity contribution in [1.82, 2.24) is 5.32 Å². The number of amides is 1. The van der Waals surface area contributed by atoms with Crippen LogP contribution in [0.2, 0.25) is 0 Å². The van der Waals surface area contributed by atoms with E-state index in [1.54, 1.807) is 12.1 Å². The molecule has 1 aliphatic rings. The normalized spacial score (nSPS) is 18.8. The number of carbonyl (C=O) groups is 1. The van der Waals surface area contributed by atoms with Crippen molar-refractivity contribution in [1.29, 1.82) is 0 Å². The van der Waals surface area contributed by atoms with Crippen LogP contribution >= 0.6 is 0 Å². The minimum atomic E-state index is -4.89. The number of alkyl halides is 3. The van der Waals surface area contributed by atoms with Gasteiger partial charge in [0.15, 0.2) is 0 Å². The van der Waals surface area contributed by atoms with Gasteiger partial charge in [0.25, 0.3) is 0 Å². The van der Waals surface area contributed by atoms with Gasteiger partial charge in [-0.25, -0.2) is 0 Å². The van der Waals surface area contributed by atoms with Gasteiger partial charge in [-0.1, -0.05) is 0 Å². The lowest BCUT2D eigenvalue weighted by atomic mass is 10.0. The zero-order valence-electron chi connectivity index (χ0n) is 12.3. The van der Waals surface area contributed by atoms with E-state index < -0.39 is 18.1 Å². The summed E-state index contributed by atoms with van der Waals surface area (Å²) in [5, 5.41) is 3.04. The number of carbonyl (C=O) groups excluding carboxylic acids is 1. The lowest BCUT2D eigenvalue weighted by Gasteiger charge is -2.35. The van der Waals surface area contributed by atoms with Crippen molar-refractivity contribution in [3.63, 3.8) is 0 Å². The van der Waals surface area contributed by atoms with Crippen LogP contribution in [0, 0.1) is 0 Å². The topological polar surface area (TPSA) is 41.6 Å². The van der Waals surface area contributed by atoms with E-state index in [-0.39, 0.29) is 5.69 Å². The molecule has 1 aromatic carbocycles. The Kier molecular flexibility index (Phi) is 5.28. The molecule has 1 heterocycles. The smallest absolute Gasteiger partial charge is 0.471 e. The molecule has 0 radical (unpaired) electrons. The summed E-state index contributed by atoms with van der Waals surface area (Å²) in [5.41, 5.74) is 0.236. The predicted molar refractivity (Wildman–Crippen MR) is 77.0 cm³/mol. The first kappa shape index (κ1) is 16.6. The van der Waals surface area contributed by atoms with Crippen molar-refractivity contribution in [2.24, 2.45) is 0 Å². The standard InChI is InChI=1S/C15H19F3N2O2/c1-2-22-13-7-5-11(6-8-13)20(14(21)15(16,17)18)12-4-3-9-19-10-12/h5-8,12,19H,2-4,9-10H2,1H3. The molecule has 0 bridgehead atoms. The Morgan fingerprint density at radius 1 is 1.36 bits per heavy atom. The maximum Gasteiger partial charge on any atom is 0.471 e. The van der Waals surface area contributed by atoms with Crippen molar-refractivity contribution in [2.45, 2.75) is 32.0 Å². The third kappa shape index (κ3) is 3.91. The van der Waals surface area contributed by atoms with Crippen LogP contribution in [0.4, 0.5) is 18.9 Å². The average Bonchev–Trinajstić information content (AvgIpc) is 2.50. The minimum Gasteiger partial charge on any atom is -0.494 e. The molecule has 1 aromatic rings. The molecule has 1 saturated heterocycles. The molecule has 2 rings (SSSR count). The summed E-state index contributed by atoms with van der Waals surface area (Å²) < 4.78 is 44.0. The lowest BCUT2D eigenvalue weighted by Crippen LogP contribution is -2.53. The molecule has 0 spiro atoms. The molecular weight excluding hydrogens is 297 g/mol. The van der Waals surface area contributed by atoms with Crippen molar-refractivity contribution in [3.05, 3.63) is 24.3 Å². The van der Waals surface area contributed by atoms with E-state index >= 15 is 0 Å². The van der Waals surface area contributed by atoms with Gasteiger partial charge < -0.3 is 15.0 Å². The summed E-state index contributed by atoms with van der Waals surface area (Å²) in [6, 6.07) is 5.63. The largest absolute Gasteiger partial charge is 0.494 e. The van der Waals surface area contributed by atoms with Gasteiger partial charge in [0.2, 0.25) is 0 Å². The van der Waals surface area contributed by atoms with Gasteiger partial charge >= 0.3 is 12.1 Å². The summed E-state index contributed by atoms with van der Waals surface area (Å²) in [6.45, 7) is 3.40. The van der Waals surface area contributed by atoms with Crippen LogP contribution in [-0.4, -0.2) is 37.8 Å². The molecule has 1 fully saturated rings. The number of nitrogens with one attached hydrogen (secondary N) is 1. The number of ether oxygens (including phenoxy) is 1. The number of halogens is 3. The third-order valence-electron chi connectivity index (χ3n) is 3.52. The summed E-state index contributed by atoms with van der Waals surface area (Å²) >= 11 is 0. The fourth-order valence-electron chi connectivity index (χ4n) is 2.55. The van der Waals surface area contributed by atoms with Gasteiger partial charge in [-0.05, 0) is 50.6 Å². The Morgan fingerprint density at radius 2 is 2.05 bits per heavy atom. The van der Waals surface area contributed by atoms with Gasteiger partial charge in [0.05, 0.1) is 6.61 Å². The van der Waals surface area contributed by atoms with Crippen molar-refractivity contribution in [2.75, 3.05) is 24.6 Å². The first-order chi connectivity index (χ1) is 10.4. The second kappa shape index (κ2) is 7.00. The maximum absolute atomic E-state index is 12.9. The molecule has 1 unspecified atom stereocenters. The third-order valence-corrected chi connectivity index (χ3v) is 3.52. The second-order valence-corrected chi connectivity index (χ2v) is 5.10. The first-order valence-corrected chi connectivity index (χ1v) is 7.27. The van der Waals surface area contributed by atoms with Crippen LogP contribution in [0.25, 0.3) is 0 Å². The fraction of sp³-hybridized carbons (Fsp3) is 0.533. The van der Waals surface area contributed by atoms with Gasteiger partial charge in [0.1, 0.15) is 5.75 Å². The van der Waals surface area contributed by atoms with Gasteiger partial charge in [-0.15, -0.1) is 0 Å². The Labute approximate surface area is 127 Å². The van der Waals surface area contributed by atoms with E-state index in [2.05, 4.69) is 5.32 Å². The minimum absolute atomic E-state index is 0.236. The fourth-order valence-corrected chi connectivity index (χ4v) is 2.55. The molecular formula is C15H19F3N2O2. The number of anilines is 1. The highest BCUT2D eigenvalue weighted by Gasteiger charge is 2.45. The number of rotatable bonds is 4. The highest BCUT2D eigenvalue weighted by molar-refractivity contribution is 5.98. The first-order valence-electron chi connectivity index (χ1n) is 7.27. The van der Waals surface area contributed by atoms with E-state index in [9.17, 15) is 18.0 Å². The summed E-state index contributed by atoms with van der Waals surface area (Å²) in [7, 11) is 0. The Morgan fingerprint density at radius 3 is 2.55 bits per heavy atom. The number of benzene rings is 1. The molecule has 1 N–H and O–H groups in total. The van der Waals surface area contributed by atoms with Crippen LogP contribution in [0.5, 0.6) is 5.75 Å². The van der Waals surface area contributed by atoms with Crippen LogP contribution in [0.3, 0.4) is 0 Å². The van der Waals surface area contributed by atoms with Crippen LogP contribution in [-0.2, 0) is 4.79 Å². The lowest BCUT2D eigenvalue weighted by molar-refractivity contribution is -0.171. The zero-order valence-corrected chi connectivity index (χ0v) is 12.3. The van der Waals surface area contributed by atoms with Crippen LogP contribution in [0.1, 0.15) is 19.8 Å². The highest BCUT2D eigenvalue weighted by atomic mass is 19.4. The summed E-state index contributed by atoms with van der Waals surface area (Å²) in [5.74, 6) is -1.27. The average molecular weight is 316 g/mol. The summed E-state index contributed by atoms with van der Waals surface area (Å²) in [4.78, 5) is 12.7. The highest BCUT2D eigenvalue weighted by Crippen LogP contribution is 2.29. The molecule has 1 amide bonds. The van der Waals surface area contributed by atoms with Crippen molar-refractivity contribution < 1.29 is 22.7 Å². The summed E-state index contributed by atoms with van der Waals surface area (Å²) in [6.07, 6.45) is -3.61. The Balaban J connectivity index is 2.28. The van der Waals surface area contributed by atoms with Crippen molar-refractivity contribution in [3.8, 4) is 5.75 Å². The monoisotopic (exact) mass is 316 g/mol. The Bertz CT molecular complexity index is 497. The Hall–Kier alpha value is -1.76. The molecule has 1 atom stereocenters. The second-order valence-electron chi connectivity index (χ2n) is 5.10. The molecule has 122 valence electrons. The van der Waals surface area contributed by atoms with E-state index in [1.165, 1.54) is 12.1 Å². The van der Waals surface area contributed by atoms with E-state index in [0.29, 0.717) is 25.3 Å². The SMILES string of the molecule is CCOc1ccc(N(C(=O)C(F)(F)F)C2CCCNC2)cc1. The number of piperidine rings is 1.